The number of H-pyrrole nitrogens is 1. The first-order chi connectivity index (χ1) is 32.9. The Morgan fingerprint density at radius 2 is 1.58 bits per heavy atom. The van der Waals surface area contributed by atoms with Gasteiger partial charge in [0.25, 0.3) is 17.7 Å². The van der Waals surface area contributed by atoms with E-state index in [9.17, 15) is 46.7 Å². The summed E-state index contributed by atoms with van der Waals surface area (Å²) in [6.07, 6.45) is -3.91. The highest BCUT2D eigenvalue weighted by molar-refractivity contribution is 6.24. The normalized spacial score (nSPS) is 20.5. The monoisotopic (exact) mass is 955 g/mol. The summed E-state index contributed by atoms with van der Waals surface area (Å²) in [5.74, 6) is -4.21. The minimum absolute atomic E-state index is 0.0130. The average molecular weight is 956 g/mol. The van der Waals surface area contributed by atoms with E-state index in [4.69, 9.17) is 0 Å². The number of piperazine rings is 2. The smallest absolute Gasteiger partial charge is 0.367 e. The third-order valence-electron chi connectivity index (χ3n) is 13.6. The van der Waals surface area contributed by atoms with Crippen LogP contribution in [0.2, 0.25) is 0 Å². The molecule has 0 radical (unpaired) electrons. The van der Waals surface area contributed by atoms with Gasteiger partial charge in [0.2, 0.25) is 23.3 Å². The summed E-state index contributed by atoms with van der Waals surface area (Å²) < 4.78 is 57.7. The van der Waals surface area contributed by atoms with Crippen LogP contribution in [0, 0.1) is 5.82 Å². The van der Waals surface area contributed by atoms with Gasteiger partial charge in [-0.15, -0.1) is 0 Å². The Morgan fingerprint density at radius 3 is 2.29 bits per heavy atom. The highest BCUT2D eigenvalue weighted by atomic mass is 19.4. The number of benzene rings is 3. The molecule has 0 saturated carbocycles. The van der Waals surface area contributed by atoms with Crippen molar-refractivity contribution in [2.45, 2.75) is 70.4 Å². The lowest BCUT2D eigenvalue weighted by Crippen LogP contribution is -2.55. The molecule has 4 aliphatic rings. The van der Waals surface area contributed by atoms with Crippen molar-refractivity contribution in [3.63, 3.8) is 0 Å². The van der Waals surface area contributed by atoms with E-state index >= 15 is 4.39 Å². The molecule has 4 aromatic rings. The molecule has 3 saturated heterocycles. The predicted octanol–water partition coefficient (Wildman–Crippen LogP) is 4.25. The Bertz CT molecular complexity index is 2740. The molecule has 6 amide bonds. The van der Waals surface area contributed by atoms with Gasteiger partial charge in [-0.3, -0.25) is 58.5 Å². The predicted molar refractivity (Wildman–Crippen MR) is 247 cm³/mol. The van der Waals surface area contributed by atoms with Gasteiger partial charge in [-0.05, 0) is 80.8 Å². The molecule has 1 unspecified atom stereocenters. The number of alkyl halides is 3. The molecule has 20 heteroatoms. The standard InChI is InChI=1S/C49H53F4N9O7/c1-28-25-61(26-29(2)58(28)3)39-11-8-32(22-38(39)56-45(66)35-24-55-43(65)23-36(35)49(51,52)53)34-21-30(7-10-37(34)50)27-60-19-17-59(18-20-60)16-15-54-41(63)13-9-31-5-4-6-33-44(31)48(69)62(47(33)68)40-12-14-42(64)57-46(40)67/h4-8,10-11,21-24,28-29,40H,9,12-20,25-27H2,1-3H3,(H,54,63)(H,55,65)(H,56,66)(H,57,64,67)/t28-,29+,40?. The summed E-state index contributed by atoms with van der Waals surface area (Å²) >= 11 is 0. The summed E-state index contributed by atoms with van der Waals surface area (Å²) in [6, 6.07) is 14.1. The number of aryl methyl sites for hydroxylation is 1. The molecule has 3 atom stereocenters. The number of carbonyl (C=O) groups excluding carboxylic acids is 6. The van der Waals surface area contributed by atoms with Gasteiger partial charge in [-0.1, -0.05) is 24.3 Å². The van der Waals surface area contributed by atoms with Crippen molar-refractivity contribution >= 4 is 46.8 Å². The number of hydrogen-bond acceptors (Lipinski definition) is 11. The van der Waals surface area contributed by atoms with Crippen LogP contribution in [-0.4, -0.2) is 138 Å². The largest absolute Gasteiger partial charge is 0.417 e. The first-order valence-corrected chi connectivity index (χ1v) is 22.9. The number of anilines is 2. The number of imide groups is 2. The Balaban J connectivity index is 0.867. The Kier molecular flexibility index (Phi) is 14.2. The third-order valence-corrected chi connectivity index (χ3v) is 13.6. The van der Waals surface area contributed by atoms with Gasteiger partial charge in [0.05, 0.1) is 33.6 Å². The number of hydrogen-bond donors (Lipinski definition) is 4. The van der Waals surface area contributed by atoms with E-state index in [1.54, 1.807) is 42.5 Å². The average Bonchev–Trinajstić information content (AvgIpc) is 3.56. The molecule has 3 fully saturated rings. The molecule has 5 heterocycles. The number of pyridine rings is 1. The molecule has 0 aliphatic carbocycles. The van der Waals surface area contributed by atoms with Crippen molar-refractivity contribution in [2.75, 3.05) is 69.6 Å². The summed E-state index contributed by atoms with van der Waals surface area (Å²) in [6.45, 7) is 9.50. The van der Waals surface area contributed by atoms with Gasteiger partial charge in [0.1, 0.15) is 11.9 Å². The van der Waals surface area contributed by atoms with Crippen LogP contribution in [0.4, 0.5) is 28.9 Å². The van der Waals surface area contributed by atoms with Crippen LogP contribution in [0.15, 0.2) is 71.7 Å². The molecule has 0 bridgehead atoms. The third kappa shape index (κ3) is 10.6. The summed E-state index contributed by atoms with van der Waals surface area (Å²) in [4.78, 5) is 101. The van der Waals surface area contributed by atoms with Crippen molar-refractivity contribution in [3.05, 3.63) is 116 Å². The van der Waals surface area contributed by atoms with Crippen molar-refractivity contribution in [1.29, 1.82) is 0 Å². The molecule has 0 spiro atoms. The van der Waals surface area contributed by atoms with Gasteiger partial charge in [-0.2, -0.15) is 13.2 Å². The van der Waals surface area contributed by atoms with Gasteiger partial charge < -0.3 is 20.5 Å². The zero-order valence-corrected chi connectivity index (χ0v) is 38.4. The second-order valence-corrected chi connectivity index (χ2v) is 18.1. The van der Waals surface area contributed by atoms with Crippen LogP contribution >= 0.6 is 0 Å². The second-order valence-electron chi connectivity index (χ2n) is 18.1. The number of rotatable bonds is 13. The highest BCUT2D eigenvalue weighted by Crippen LogP contribution is 2.37. The van der Waals surface area contributed by atoms with Crippen LogP contribution in [-0.2, 0) is 33.5 Å². The van der Waals surface area contributed by atoms with Gasteiger partial charge in [0, 0.05) is 102 Å². The molecule has 69 heavy (non-hydrogen) atoms. The summed E-state index contributed by atoms with van der Waals surface area (Å²) in [5.41, 5.74) is -0.0782. The van der Waals surface area contributed by atoms with Crippen molar-refractivity contribution in [2.24, 2.45) is 0 Å². The SMILES string of the molecule is C[C@@H]1CN(c2ccc(-c3cc(CN4CCN(CCNC(=O)CCc5cccc6c5C(=O)N(C5CCC(=O)NC5=O)C6=O)CC4)ccc3F)cc2NC(=O)c2c[nH]c(=O)cc2C(F)(F)F)C[C@H](C)N1C. The fourth-order valence-corrected chi connectivity index (χ4v) is 9.57. The molecule has 3 aromatic carbocycles. The Hall–Kier alpha value is -6.77. The summed E-state index contributed by atoms with van der Waals surface area (Å²) in [7, 11) is 2.01. The molecule has 1 aromatic heterocycles. The van der Waals surface area contributed by atoms with E-state index in [0.717, 1.165) is 16.7 Å². The Morgan fingerprint density at radius 1 is 0.855 bits per heavy atom. The number of nitrogens with one attached hydrogen (secondary N) is 4. The first-order valence-electron chi connectivity index (χ1n) is 22.9. The molecule has 364 valence electrons. The lowest BCUT2D eigenvalue weighted by molar-refractivity contribution is -0.138. The molecule has 16 nitrogen and oxygen atoms in total. The second kappa shape index (κ2) is 20.1. The van der Waals surface area contributed by atoms with Crippen molar-refractivity contribution in [3.8, 4) is 11.1 Å². The number of carbonyl (C=O) groups is 6. The molecule has 4 aliphatic heterocycles. The molecule has 8 rings (SSSR count). The Labute approximate surface area is 395 Å². The number of piperidine rings is 1. The maximum absolute atomic E-state index is 15.7. The van der Waals surface area contributed by atoms with Gasteiger partial charge >= 0.3 is 6.18 Å². The maximum Gasteiger partial charge on any atom is 0.417 e. The molecule has 4 N–H and O–H groups in total. The molecular weight excluding hydrogens is 903 g/mol. The van der Waals surface area contributed by atoms with Crippen LogP contribution < -0.4 is 26.4 Å². The first kappa shape index (κ1) is 48.7. The van der Waals surface area contributed by atoms with E-state index in [1.807, 2.05) is 25.8 Å². The zero-order chi connectivity index (χ0) is 49.3. The van der Waals surface area contributed by atoms with Crippen LogP contribution in [0.25, 0.3) is 11.1 Å². The molecular formula is C49H53F4N9O7. The number of nitrogens with zero attached hydrogens (tertiary/aromatic N) is 5. The summed E-state index contributed by atoms with van der Waals surface area (Å²) in [5, 5.41) is 7.77. The minimum Gasteiger partial charge on any atom is -0.367 e. The van der Waals surface area contributed by atoms with Crippen LogP contribution in [0.1, 0.15) is 80.9 Å². The number of halogens is 4. The number of aromatic nitrogens is 1. The number of aromatic amines is 1. The minimum atomic E-state index is -4.97. The van der Waals surface area contributed by atoms with Crippen LogP contribution in [0.5, 0.6) is 0 Å². The van der Waals surface area contributed by atoms with Gasteiger partial charge in [-0.25, -0.2) is 4.39 Å². The number of amides is 6. The lowest BCUT2D eigenvalue weighted by atomic mass is 9.99. The van der Waals surface area contributed by atoms with E-state index in [0.29, 0.717) is 81.8 Å². The van der Waals surface area contributed by atoms with E-state index in [1.165, 1.54) is 12.1 Å². The lowest BCUT2D eigenvalue weighted by Gasteiger charge is -2.44. The fourth-order valence-electron chi connectivity index (χ4n) is 9.57. The maximum atomic E-state index is 15.7. The van der Waals surface area contributed by atoms with Gasteiger partial charge in [0.15, 0.2) is 0 Å². The van der Waals surface area contributed by atoms with Crippen LogP contribution in [0.3, 0.4) is 0 Å². The number of fused-ring (bicyclic) bond motifs is 1. The van der Waals surface area contributed by atoms with Crippen molar-refractivity contribution < 1.29 is 46.3 Å². The highest BCUT2D eigenvalue weighted by Gasteiger charge is 2.45. The number of likely N-dealkylation sites (N-methyl/N-ethyl adjacent to an activating group) is 1. The van der Waals surface area contributed by atoms with E-state index < -0.39 is 64.3 Å². The van der Waals surface area contributed by atoms with E-state index in [-0.39, 0.29) is 66.1 Å². The van der Waals surface area contributed by atoms with E-state index in [2.05, 4.69) is 35.6 Å². The fraction of sp³-hybridized carbons (Fsp3) is 0.408. The quantitative estimate of drug-likeness (QED) is 0.111. The topological polar surface area (TPSA) is 188 Å². The van der Waals surface area contributed by atoms with Crippen molar-refractivity contribution in [1.82, 2.24) is 35.2 Å². The zero-order valence-electron chi connectivity index (χ0n) is 38.4.